The Morgan fingerprint density at radius 2 is 1.61 bits per heavy atom. The Morgan fingerprint density at radius 3 is 2.27 bits per heavy atom. The zero-order valence-electron chi connectivity index (χ0n) is 20.1. The van der Waals surface area contributed by atoms with Crippen molar-refractivity contribution in [3.05, 3.63) is 59.7 Å². The minimum Gasteiger partial charge on any atom is -0.494 e. The van der Waals surface area contributed by atoms with Crippen molar-refractivity contribution in [1.29, 1.82) is 0 Å². The summed E-state index contributed by atoms with van der Waals surface area (Å²) in [5.41, 5.74) is 1.61. The highest BCUT2D eigenvalue weighted by atomic mass is 32.2. The van der Waals surface area contributed by atoms with E-state index >= 15 is 0 Å². The van der Waals surface area contributed by atoms with Gasteiger partial charge in [0.05, 0.1) is 17.2 Å². The van der Waals surface area contributed by atoms with Gasteiger partial charge >= 0.3 is 5.97 Å². The standard InChI is InChI=1S/C28H37NO3S/c1-3-5-7-8-9-10-22-20-29-27(33-21-22)23-11-13-24(14-12-23)28(30)32-26-17-15-25(16-18-26)31-19-6-4-2/h11-18,22H,3-10,19-21H2,1-2H3. The van der Waals surface area contributed by atoms with Crippen LogP contribution in [0.25, 0.3) is 0 Å². The van der Waals surface area contributed by atoms with Gasteiger partial charge in [-0.2, -0.15) is 0 Å². The molecule has 0 saturated carbocycles. The molecule has 0 amide bonds. The van der Waals surface area contributed by atoms with E-state index in [0.717, 1.165) is 41.5 Å². The maximum absolute atomic E-state index is 12.5. The highest BCUT2D eigenvalue weighted by Crippen LogP contribution is 2.26. The summed E-state index contributed by atoms with van der Waals surface area (Å²) in [6.07, 6.45) is 10.1. The molecular formula is C28H37NO3S. The number of carbonyl (C=O) groups excluding carboxylic acids is 1. The van der Waals surface area contributed by atoms with Crippen LogP contribution in [0.15, 0.2) is 53.5 Å². The number of rotatable bonds is 13. The Hall–Kier alpha value is -2.27. The fraction of sp³-hybridized carbons (Fsp3) is 0.500. The number of hydrogen-bond donors (Lipinski definition) is 0. The highest BCUT2D eigenvalue weighted by molar-refractivity contribution is 8.14. The lowest BCUT2D eigenvalue weighted by Crippen LogP contribution is -2.17. The Morgan fingerprint density at radius 1 is 0.909 bits per heavy atom. The van der Waals surface area contributed by atoms with E-state index in [1.54, 1.807) is 12.1 Å². The first-order valence-electron chi connectivity index (χ1n) is 12.4. The van der Waals surface area contributed by atoms with Crippen LogP contribution in [0.2, 0.25) is 0 Å². The van der Waals surface area contributed by atoms with Crippen molar-refractivity contribution >= 4 is 22.8 Å². The van der Waals surface area contributed by atoms with Crippen molar-refractivity contribution in [3.8, 4) is 11.5 Å². The van der Waals surface area contributed by atoms with Crippen LogP contribution in [0.3, 0.4) is 0 Å². The summed E-state index contributed by atoms with van der Waals surface area (Å²) in [5, 5.41) is 1.08. The van der Waals surface area contributed by atoms with Crippen LogP contribution in [-0.2, 0) is 0 Å². The van der Waals surface area contributed by atoms with Crippen molar-refractivity contribution in [2.75, 3.05) is 18.9 Å². The van der Waals surface area contributed by atoms with Gasteiger partial charge in [-0.3, -0.25) is 4.99 Å². The maximum atomic E-state index is 12.5. The van der Waals surface area contributed by atoms with Gasteiger partial charge < -0.3 is 9.47 Å². The Kier molecular flexibility index (Phi) is 10.8. The average molecular weight is 468 g/mol. The molecule has 1 aliphatic heterocycles. The molecule has 0 radical (unpaired) electrons. The molecule has 4 nitrogen and oxygen atoms in total. The van der Waals surface area contributed by atoms with Crippen LogP contribution in [-0.4, -0.2) is 29.9 Å². The van der Waals surface area contributed by atoms with Crippen LogP contribution in [0.4, 0.5) is 0 Å². The lowest BCUT2D eigenvalue weighted by atomic mass is 10.0. The summed E-state index contributed by atoms with van der Waals surface area (Å²) < 4.78 is 11.2. The first-order valence-corrected chi connectivity index (χ1v) is 13.4. The summed E-state index contributed by atoms with van der Waals surface area (Å²) in [7, 11) is 0. The van der Waals surface area contributed by atoms with Gasteiger partial charge in [-0.15, -0.1) is 11.8 Å². The summed E-state index contributed by atoms with van der Waals surface area (Å²) in [5.74, 6) is 2.77. The highest BCUT2D eigenvalue weighted by Gasteiger charge is 2.18. The van der Waals surface area contributed by atoms with Crippen LogP contribution < -0.4 is 9.47 Å². The molecule has 0 fully saturated rings. The van der Waals surface area contributed by atoms with Gasteiger partial charge in [0.25, 0.3) is 0 Å². The molecule has 1 heterocycles. The molecule has 2 aromatic carbocycles. The van der Waals surface area contributed by atoms with Crippen LogP contribution in [0.1, 0.15) is 81.1 Å². The molecule has 0 N–H and O–H groups in total. The van der Waals surface area contributed by atoms with E-state index in [2.05, 4.69) is 13.8 Å². The van der Waals surface area contributed by atoms with Gasteiger partial charge in [0.2, 0.25) is 0 Å². The second-order valence-corrected chi connectivity index (χ2v) is 9.67. The third-order valence-electron chi connectivity index (χ3n) is 5.83. The molecule has 1 unspecified atom stereocenters. The molecule has 1 aliphatic rings. The van der Waals surface area contributed by atoms with Gasteiger partial charge in [-0.1, -0.05) is 64.5 Å². The molecule has 0 spiro atoms. The topological polar surface area (TPSA) is 47.9 Å². The van der Waals surface area contributed by atoms with Crippen molar-refractivity contribution in [2.24, 2.45) is 10.9 Å². The molecule has 3 rings (SSSR count). The van der Waals surface area contributed by atoms with Gasteiger partial charge in [0.1, 0.15) is 11.5 Å². The van der Waals surface area contributed by atoms with Crippen LogP contribution in [0.5, 0.6) is 11.5 Å². The Balaban J connectivity index is 1.46. The van der Waals surface area contributed by atoms with Crippen molar-refractivity contribution in [1.82, 2.24) is 0 Å². The molecule has 33 heavy (non-hydrogen) atoms. The number of unbranched alkanes of at least 4 members (excludes halogenated alkanes) is 5. The van der Waals surface area contributed by atoms with E-state index < -0.39 is 0 Å². The van der Waals surface area contributed by atoms with Gasteiger partial charge in [0, 0.05) is 17.9 Å². The number of benzene rings is 2. The molecule has 0 saturated heterocycles. The zero-order valence-corrected chi connectivity index (χ0v) is 20.9. The van der Waals surface area contributed by atoms with E-state index in [1.165, 1.54) is 38.5 Å². The summed E-state index contributed by atoms with van der Waals surface area (Å²) in [4.78, 5) is 17.3. The maximum Gasteiger partial charge on any atom is 0.343 e. The largest absolute Gasteiger partial charge is 0.494 e. The molecule has 0 aliphatic carbocycles. The van der Waals surface area contributed by atoms with E-state index in [1.807, 2.05) is 48.2 Å². The van der Waals surface area contributed by atoms with Gasteiger partial charge in [-0.25, -0.2) is 4.79 Å². The Labute approximate surface area is 203 Å². The molecule has 178 valence electrons. The normalized spacial score (nSPS) is 15.7. The summed E-state index contributed by atoms with van der Waals surface area (Å²) in [6, 6.07) is 14.8. The number of aliphatic imine (C=N–C) groups is 1. The smallest absolute Gasteiger partial charge is 0.343 e. The predicted octanol–water partition coefficient (Wildman–Crippen LogP) is 7.55. The lowest BCUT2D eigenvalue weighted by Gasteiger charge is -2.20. The molecule has 0 bridgehead atoms. The minimum atomic E-state index is -0.359. The average Bonchev–Trinajstić information content (AvgIpc) is 2.86. The SMILES string of the molecule is CCCCCCCC1CN=C(c2ccc(C(=O)Oc3ccc(OCCCC)cc3)cc2)SC1. The minimum absolute atomic E-state index is 0.359. The van der Waals surface area contributed by atoms with E-state index in [9.17, 15) is 4.79 Å². The number of esters is 1. The van der Waals surface area contributed by atoms with Crippen molar-refractivity contribution in [3.63, 3.8) is 0 Å². The third-order valence-corrected chi connectivity index (χ3v) is 7.11. The number of ether oxygens (including phenoxy) is 2. The van der Waals surface area contributed by atoms with E-state index in [4.69, 9.17) is 14.5 Å². The molecule has 1 atom stereocenters. The zero-order chi connectivity index (χ0) is 23.3. The first-order chi connectivity index (χ1) is 16.2. The Bertz CT molecular complexity index is 877. The predicted molar refractivity (Wildman–Crippen MR) is 139 cm³/mol. The lowest BCUT2D eigenvalue weighted by molar-refractivity contribution is 0.0734. The van der Waals surface area contributed by atoms with Crippen molar-refractivity contribution < 1.29 is 14.3 Å². The third kappa shape index (κ3) is 8.54. The van der Waals surface area contributed by atoms with E-state index in [-0.39, 0.29) is 5.97 Å². The quantitative estimate of drug-likeness (QED) is 0.173. The monoisotopic (exact) mass is 467 g/mol. The molecule has 0 aromatic heterocycles. The second-order valence-electron chi connectivity index (χ2n) is 8.67. The fourth-order valence-electron chi connectivity index (χ4n) is 3.75. The number of nitrogens with zero attached hydrogens (tertiary/aromatic N) is 1. The van der Waals surface area contributed by atoms with Crippen molar-refractivity contribution in [2.45, 2.75) is 65.2 Å². The fourth-order valence-corrected chi connectivity index (χ4v) is 4.88. The van der Waals surface area contributed by atoms with E-state index in [0.29, 0.717) is 23.8 Å². The number of hydrogen-bond acceptors (Lipinski definition) is 5. The summed E-state index contributed by atoms with van der Waals surface area (Å²) >= 11 is 1.84. The number of carbonyl (C=O) groups is 1. The number of thioether (sulfide) groups is 1. The van der Waals surface area contributed by atoms with Gasteiger partial charge in [-0.05, 0) is 55.2 Å². The molecular weight excluding hydrogens is 430 g/mol. The molecule has 2 aromatic rings. The van der Waals surface area contributed by atoms with Gasteiger partial charge in [0.15, 0.2) is 0 Å². The second kappa shape index (κ2) is 14.1. The van der Waals surface area contributed by atoms with Crippen LogP contribution in [0, 0.1) is 5.92 Å². The molecule has 5 heteroatoms. The summed E-state index contributed by atoms with van der Waals surface area (Å²) in [6.45, 7) is 6.00. The first kappa shape index (κ1) is 25.4. The van der Waals surface area contributed by atoms with Crippen LogP contribution >= 0.6 is 11.8 Å².